The van der Waals surface area contributed by atoms with E-state index in [0.717, 1.165) is 16.3 Å². The van der Waals surface area contributed by atoms with Crippen LogP contribution in [0.3, 0.4) is 0 Å². The highest BCUT2D eigenvalue weighted by Crippen LogP contribution is 2.35. The molecule has 0 saturated heterocycles. The van der Waals surface area contributed by atoms with Gasteiger partial charge in [-0.2, -0.15) is 5.10 Å². The second kappa shape index (κ2) is 4.29. The van der Waals surface area contributed by atoms with E-state index in [0.29, 0.717) is 10.8 Å². The predicted octanol–water partition coefficient (Wildman–Crippen LogP) is 2.06. The van der Waals surface area contributed by atoms with Gasteiger partial charge in [0.1, 0.15) is 5.01 Å². The molecule has 0 aliphatic heterocycles. The van der Waals surface area contributed by atoms with Crippen LogP contribution in [0.4, 0.5) is 0 Å². The molecule has 0 saturated carbocycles. The Bertz CT molecular complexity index is 571. The maximum atomic E-state index is 11.3. The number of Topliss-reactive ketones (excluding diaryl/α,β-unsaturated/α-hetero) is 1. The molecule has 0 atom stereocenters. The Morgan fingerprint density at radius 1 is 1.53 bits per heavy atom. The number of hydrogen-bond donors (Lipinski definition) is 0. The molecule has 0 aromatic carbocycles. The fourth-order valence-electron chi connectivity index (χ4n) is 1.67. The van der Waals surface area contributed by atoms with Crippen LogP contribution in [-0.4, -0.2) is 27.7 Å². The summed E-state index contributed by atoms with van der Waals surface area (Å²) in [4.78, 5) is 16.2. The van der Waals surface area contributed by atoms with Crippen molar-refractivity contribution in [3.05, 3.63) is 16.8 Å². The summed E-state index contributed by atoms with van der Waals surface area (Å²) in [7, 11) is 3.41. The molecule has 0 radical (unpaired) electrons. The standard InChI is InChI=1S/C11H13N3O2S/c1-6-9(11(16-4)14(3)13-6)10-12-5-8(17-10)7(2)15/h5H,1-4H3. The summed E-state index contributed by atoms with van der Waals surface area (Å²) in [6.07, 6.45) is 1.59. The van der Waals surface area contributed by atoms with Gasteiger partial charge in [-0.1, -0.05) is 0 Å². The average Bonchev–Trinajstić information content (AvgIpc) is 2.82. The maximum Gasteiger partial charge on any atom is 0.222 e. The molecule has 0 bridgehead atoms. The zero-order valence-electron chi connectivity index (χ0n) is 10.1. The van der Waals surface area contributed by atoms with Gasteiger partial charge in [0, 0.05) is 20.2 Å². The van der Waals surface area contributed by atoms with Gasteiger partial charge in [-0.25, -0.2) is 9.67 Å². The van der Waals surface area contributed by atoms with Crippen LogP contribution in [0.15, 0.2) is 6.20 Å². The summed E-state index contributed by atoms with van der Waals surface area (Å²) >= 11 is 1.36. The van der Waals surface area contributed by atoms with Gasteiger partial charge >= 0.3 is 0 Å². The minimum absolute atomic E-state index is 0.0225. The molecule has 0 amide bonds. The number of carbonyl (C=O) groups excluding carboxylic acids is 1. The Hall–Kier alpha value is -1.69. The van der Waals surface area contributed by atoms with E-state index in [1.807, 2.05) is 14.0 Å². The fourth-order valence-corrected chi connectivity index (χ4v) is 2.57. The fraction of sp³-hybridized carbons (Fsp3) is 0.364. The number of carbonyl (C=O) groups is 1. The molecule has 0 N–H and O–H groups in total. The Balaban J connectivity index is 2.55. The van der Waals surface area contributed by atoms with E-state index in [2.05, 4.69) is 10.1 Å². The van der Waals surface area contributed by atoms with Crippen molar-refractivity contribution in [3.63, 3.8) is 0 Å². The summed E-state index contributed by atoms with van der Waals surface area (Å²) in [6, 6.07) is 0. The molecular formula is C11H13N3O2S. The van der Waals surface area contributed by atoms with Crippen molar-refractivity contribution in [3.8, 4) is 16.5 Å². The van der Waals surface area contributed by atoms with Crippen LogP contribution >= 0.6 is 11.3 Å². The molecule has 0 aliphatic rings. The van der Waals surface area contributed by atoms with E-state index in [-0.39, 0.29) is 5.78 Å². The van der Waals surface area contributed by atoms with E-state index in [9.17, 15) is 4.79 Å². The highest BCUT2D eigenvalue weighted by Gasteiger charge is 2.19. The van der Waals surface area contributed by atoms with Gasteiger partial charge in [0.15, 0.2) is 5.78 Å². The molecule has 0 unspecified atom stereocenters. The number of rotatable bonds is 3. The van der Waals surface area contributed by atoms with E-state index < -0.39 is 0 Å². The smallest absolute Gasteiger partial charge is 0.222 e. The molecule has 0 fully saturated rings. The van der Waals surface area contributed by atoms with Crippen LogP contribution in [0.5, 0.6) is 5.88 Å². The van der Waals surface area contributed by atoms with E-state index in [1.165, 1.54) is 18.3 Å². The summed E-state index contributed by atoms with van der Waals surface area (Å²) in [6.45, 7) is 3.43. The van der Waals surface area contributed by atoms with Gasteiger partial charge in [-0.05, 0) is 6.92 Å². The highest BCUT2D eigenvalue weighted by atomic mass is 32.1. The van der Waals surface area contributed by atoms with Crippen molar-refractivity contribution in [2.45, 2.75) is 13.8 Å². The van der Waals surface area contributed by atoms with Crippen molar-refractivity contribution in [1.29, 1.82) is 0 Å². The lowest BCUT2D eigenvalue weighted by Crippen LogP contribution is -1.95. The molecule has 2 heterocycles. The summed E-state index contributed by atoms with van der Waals surface area (Å²) in [5, 5.41) is 5.05. The quantitative estimate of drug-likeness (QED) is 0.783. The first-order chi connectivity index (χ1) is 8.04. The Morgan fingerprint density at radius 2 is 2.24 bits per heavy atom. The Labute approximate surface area is 103 Å². The molecule has 2 rings (SSSR count). The number of nitrogens with zero attached hydrogens (tertiary/aromatic N) is 3. The molecule has 90 valence electrons. The number of aromatic nitrogens is 3. The third kappa shape index (κ3) is 1.95. The van der Waals surface area contributed by atoms with Crippen molar-refractivity contribution in [2.75, 3.05) is 7.11 Å². The topological polar surface area (TPSA) is 57.0 Å². The van der Waals surface area contributed by atoms with Gasteiger partial charge in [-0.3, -0.25) is 4.79 Å². The molecule has 0 aliphatic carbocycles. The summed E-state index contributed by atoms with van der Waals surface area (Å²) < 4.78 is 6.97. The van der Waals surface area contributed by atoms with Gasteiger partial charge in [-0.15, -0.1) is 11.3 Å². The third-order valence-corrected chi connectivity index (χ3v) is 3.55. The second-order valence-corrected chi connectivity index (χ2v) is 4.71. The number of methoxy groups -OCH3 is 1. The first-order valence-electron chi connectivity index (χ1n) is 5.09. The van der Waals surface area contributed by atoms with Crippen molar-refractivity contribution >= 4 is 17.1 Å². The van der Waals surface area contributed by atoms with E-state index in [4.69, 9.17) is 4.74 Å². The maximum absolute atomic E-state index is 11.3. The largest absolute Gasteiger partial charge is 0.481 e. The van der Waals surface area contributed by atoms with Crippen LogP contribution in [-0.2, 0) is 7.05 Å². The van der Waals surface area contributed by atoms with Crippen LogP contribution < -0.4 is 4.74 Å². The Morgan fingerprint density at radius 3 is 2.76 bits per heavy atom. The lowest BCUT2D eigenvalue weighted by atomic mass is 10.2. The van der Waals surface area contributed by atoms with Gasteiger partial charge < -0.3 is 4.74 Å². The van der Waals surface area contributed by atoms with Crippen LogP contribution in [0.25, 0.3) is 10.6 Å². The van der Waals surface area contributed by atoms with Gasteiger partial charge in [0.05, 0.1) is 23.2 Å². The first-order valence-corrected chi connectivity index (χ1v) is 5.91. The summed E-state index contributed by atoms with van der Waals surface area (Å²) in [5.74, 6) is 0.682. The van der Waals surface area contributed by atoms with Crippen LogP contribution in [0.2, 0.25) is 0 Å². The SMILES string of the molecule is COc1c(-c2ncc(C(C)=O)s2)c(C)nn1C. The predicted molar refractivity (Wildman–Crippen MR) is 65.6 cm³/mol. The zero-order valence-corrected chi connectivity index (χ0v) is 11.0. The van der Waals surface area contributed by atoms with E-state index in [1.54, 1.807) is 18.0 Å². The normalized spacial score (nSPS) is 10.6. The molecule has 0 spiro atoms. The average molecular weight is 251 g/mol. The van der Waals surface area contributed by atoms with E-state index >= 15 is 0 Å². The lowest BCUT2D eigenvalue weighted by Gasteiger charge is -2.01. The number of ketones is 1. The third-order valence-electron chi connectivity index (χ3n) is 2.43. The molecular weight excluding hydrogens is 238 g/mol. The second-order valence-electron chi connectivity index (χ2n) is 3.68. The molecule has 5 nitrogen and oxygen atoms in total. The minimum atomic E-state index is 0.0225. The monoisotopic (exact) mass is 251 g/mol. The Kier molecular flexibility index (Phi) is 2.97. The molecule has 17 heavy (non-hydrogen) atoms. The zero-order chi connectivity index (χ0) is 12.6. The summed E-state index contributed by atoms with van der Waals surface area (Å²) in [5.41, 5.74) is 1.70. The highest BCUT2D eigenvalue weighted by molar-refractivity contribution is 7.17. The van der Waals surface area contributed by atoms with Crippen molar-refractivity contribution in [2.24, 2.45) is 7.05 Å². The van der Waals surface area contributed by atoms with Crippen LogP contribution in [0, 0.1) is 6.92 Å². The number of hydrogen-bond acceptors (Lipinski definition) is 5. The first kappa shape index (κ1) is 11.8. The van der Waals surface area contributed by atoms with Crippen molar-refractivity contribution in [1.82, 2.24) is 14.8 Å². The molecule has 6 heteroatoms. The van der Waals surface area contributed by atoms with Crippen molar-refractivity contribution < 1.29 is 9.53 Å². The molecule has 2 aromatic rings. The number of aryl methyl sites for hydroxylation is 2. The minimum Gasteiger partial charge on any atom is -0.481 e. The van der Waals surface area contributed by atoms with Gasteiger partial charge in [0.2, 0.25) is 5.88 Å². The number of ether oxygens (including phenoxy) is 1. The molecule has 2 aromatic heterocycles. The van der Waals surface area contributed by atoms with Crippen LogP contribution in [0.1, 0.15) is 22.3 Å². The van der Waals surface area contributed by atoms with Gasteiger partial charge in [0.25, 0.3) is 0 Å². The number of thiazole rings is 1. The lowest BCUT2D eigenvalue weighted by molar-refractivity contribution is 0.102.